The number of hydrogen-bond acceptors (Lipinski definition) is 5. The van der Waals surface area contributed by atoms with E-state index in [2.05, 4.69) is 39.2 Å². The topological polar surface area (TPSA) is 48.0 Å². The molecule has 0 fully saturated rings. The molecule has 0 bridgehead atoms. The van der Waals surface area contributed by atoms with Crippen molar-refractivity contribution in [2.45, 2.75) is 99.0 Å². The Morgan fingerprint density at radius 3 is 1.94 bits per heavy atom. The molecular formula is C27H53NO4. The van der Waals surface area contributed by atoms with Crippen LogP contribution in [0.2, 0.25) is 0 Å². The van der Waals surface area contributed by atoms with Gasteiger partial charge in [-0.3, -0.25) is 0 Å². The Labute approximate surface area is 199 Å². The molecule has 32 heavy (non-hydrogen) atoms. The summed E-state index contributed by atoms with van der Waals surface area (Å²) in [5, 5.41) is 0. The molecule has 0 rings (SSSR count). The van der Waals surface area contributed by atoms with Gasteiger partial charge in [-0.05, 0) is 38.5 Å². The van der Waals surface area contributed by atoms with Gasteiger partial charge in [0.25, 0.3) is 0 Å². The Hall–Kier alpha value is -0.910. The van der Waals surface area contributed by atoms with E-state index in [0.717, 1.165) is 25.0 Å². The summed E-state index contributed by atoms with van der Waals surface area (Å²) in [5.41, 5.74) is 0.408. The van der Waals surface area contributed by atoms with Crippen molar-refractivity contribution in [3.05, 3.63) is 12.2 Å². The van der Waals surface area contributed by atoms with Gasteiger partial charge in [0.1, 0.15) is 6.61 Å². The molecule has 0 amide bonds. The summed E-state index contributed by atoms with van der Waals surface area (Å²) in [6.07, 6.45) is 10.4. The van der Waals surface area contributed by atoms with Gasteiger partial charge in [0.15, 0.2) is 0 Å². The molecule has 0 spiro atoms. The molecule has 5 heteroatoms. The van der Waals surface area contributed by atoms with E-state index in [1.165, 1.54) is 64.5 Å². The molecule has 0 aromatic heterocycles. The van der Waals surface area contributed by atoms with Crippen LogP contribution in [0.3, 0.4) is 0 Å². The Bertz CT molecular complexity index is 451. The lowest BCUT2D eigenvalue weighted by molar-refractivity contribution is -0.141. The first kappa shape index (κ1) is 31.1. The van der Waals surface area contributed by atoms with Crippen LogP contribution >= 0.6 is 0 Å². The summed E-state index contributed by atoms with van der Waals surface area (Å²) in [6, 6.07) is 0. The minimum absolute atomic E-state index is 0.0205. The van der Waals surface area contributed by atoms with Crippen LogP contribution < -0.4 is 0 Å². The third-order valence-electron chi connectivity index (χ3n) is 6.09. The Morgan fingerprint density at radius 1 is 0.906 bits per heavy atom. The predicted molar refractivity (Wildman–Crippen MR) is 135 cm³/mol. The Kier molecular flexibility index (Phi) is 20.1. The van der Waals surface area contributed by atoms with E-state index in [-0.39, 0.29) is 18.7 Å². The lowest BCUT2D eigenvalue weighted by Crippen LogP contribution is -2.37. The number of ether oxygens (including phenoxy) is 3. The van der Waals surface area contributed by atoms with Gasteiger partial charge < -0.3 is 19.1 Å². The van der Waals surface area contributed by atoms with E-state index in [9.17, 15) is 4.79 Å². The molecule has 0 radical (unpaired) electrons. The van der Waals surface area contributed by atoms with Crippen LogP contribution in [0.25, 0.3) is 0 Å². The highest BCUT2D eigenvalue weighted by atomic mass is 16.6. The first-order valence-corrected chi connectivity index (χ1v) is 13.1. The van der Waals surface area contributed by atoms with Crippen molar-refractivity contribution in [1.82, 2.24) is 4.90 Å². The number of esters is 1. The van der Waals surface area contributed by atoms with Gasteiger partial charge in [0, 0.05) is 25.2 Å². The normalized spacial score (nSPS) is 14.3. The monoisotopic (exact) mass is 455 g/mol. The van der Waals surface area contributed by atoms with Crippen LogP contribution in [0.1, 0.15) is 92.9 Å². The molecule has 0 aromatic carbocycles. The van der Waals surface area contributed by atoms with Crippen LogP contribution in [0.4, 0.5) is 0 Å². The molecule has 190 valence electrons. The highest BCUT2D eigenvalue weighted by molar-refractivity contribution is 5.86. The van der Waals surface area contributed by atoms with Crippen LogP contribution in [-0.2, 0) is 19.0 Å². The third kappa shape index (κ3) is 16.7. The van der Waals surface area contributed by atoms with Crippen molar-refractivity contribution in [2.24, 2.45) is 11.8 Å². The Morgan fingerprint density at radius 2 is 1.47 bits per heavy atom. The van der Waals surface area contributed by atoms with Gasteiger partial charge in [0.05, 0.1) is 25.9 Å². The van der Waals surface area contributed by atoms with E-state index >= 15 is 0 Å². The number of unbranched alkanes of at least 4 members (excludes halogenated alkanes) is 2. The van der Waals surface area contributed by atoms with Gasteiger partial charge >= 0.3 is 5.97 Å². The zero-order valence-electron chi connectivity index (χ0n) is 22.1. The zero-order chi connectivity index (χ0) is 24.2. The molecule has 0 saturated heterocycles. The smallest absolute Gasteiger partial charge is 0.333 e. The standard InChI is InChI=1S/C27H53NO4/c1-8-12-14-25(10-3)20-28(21-26(11-4)15-13-9-2)16-17-30-22-24(7)31-18-19-32-27(29)23(5)6/h24-26H,5,8-22H2,1-4,6-7H3. The van der Waals surface area contributed by atoms with Gasteiger partial charge in [0.2, 0.25) is 0 Å². The fourth-order valence-electron chi connectivity index (χ4n) is 3.82. The maximum absolute atomic E-state index is 11.4. The SMILES string of the molecule is C=C(C)C(=O)OCCOC(C)COCCN(CC(CC)CCCC)CC(CC)CCCC. The summed E-state index contributed by atoms with van der Waals surface area (Å²) in [4.78, 5) is 14.0. The first-order chi connectivity index (χ1) is 15.4. The van der Waals surface area contributed by atoms with Crippen LogP contribution in [0.15, 0.2) is 12.2 Å². The Balaban J connectivity index is 4.40. The lowest BCUT2D eigenvalue weighted by Gasteiger charge is -2.30. The van der Waals surface area contributed by atoms with Crippen LogP contribution in [0.5, 0.6) is 0 Å². The van der Waals surface area contributed by atoms with E-state index < -0.39 is 0 Å². The number of carbonyl (C=O) groups is 1. The number of nitrogens with zero attached hydrogens (tertiary/aromatic N) is 1. The minimum Gasteiger partial charge on any atom is -0.460 e. The summed E-state index contributed by atoms with van der Waals surface area (Å²) < 4.78 is 16.7. The van der Waals surface area contributed by atoms with Gasteiger partial charge in [-0.2, -0.15) is 0 Å². The zero-order valence-corrected chi connectivity index (χ0v) is 22.1. The quantitative estimate of drug-likeness (QED) is 0.109. The minimum atomic E-state index is -0.369. The van der Waals surface area contributed by atoms with Crippen molar-refractivity contribution >= 4 is 5.97 Å². The number of hydrogen-bond donors (Lipinski definition) is 0. The van der Waals surface area contributed by atoms with Crippen molar-refractivity contribution in [3.63, 3.8) is 0 Å². The van der Waals surface area contributed by atoms with E-state index in [4.69, 9.17) is 14.2 Å². The number of carbonyl (C=O) groups excluding carboxylic acids is 1. The lowest BCUT2D eigenvalue weighted by atomic mass is 9.96. The van der Waals surface area contributed by atoms with Gasteiger partial charge in [-0.1, -0.05) is 72.8 Å². The van der Waals surface area contributed by atoms with E-state index in [1.807, 2.05) is 6.92 Å². The highest BCUT2D eigenvalue weighted by Crippen LogP contribution is 2.18. The molecule has 0 heterocycles. The molecule has 0 aliphatic rings. The summed E-state index contributed by atoms with van der Waals surface area (Å²) in [5.74, 6) is 1.19. The average molecular weight is 456 g/mol. The predicted octanol–water partition coefficient (Wildman–Crippen LogP) is 6.26. The van der Waals surface area contributed by atoms with Gasteiger partial charge in [-0.25, -0.2) is 4.79 Å². The maximum Gasteiger partial charge on any atom is 0.333 e. The summed E-state index contributed by atoms with van der Waals surface area (Å²) in [6.45, 7) is 21.7. The molecule has 0 aromatic rings. The average Bonchev–Trinajstić information content (AvgIpc) is 2.78. The molecule has 0 aliphatic carbocycles. The maximum atomic E-state index is 11.4. The fourth-order valence-corrected chi connectivity index (χ4v) is 3.82. The van der Waals surface area contributed by atoms with Crippen molar-refractivity contribution in [3.8, 4) is 0 Å². The first-order valence-electron chi connectivity index (χ1n) is 13.1. The largest absolute Gasteiger partial charge is 0.460 e. The molecule has 3 atom stereocenters. The molecular weight excluding hydrogens is 402 g/mol. The molecule has 0 N–H and O–H groups in total. The molecule has 0 saturated carbocycles. The highest BCUT2D eigenvalue weighted by Gasteiger charge is 2.17. The van der Waals surface area contributed by atoms with Crippen molar-refractivity contribution in [2.75, 3.05) is 46.1 Å². The van der Waals surface area contributed by atoms with E-state index in [0.29, 0.717) is 18.8 Å². The molecule has 5 nitrogen and oxygen atoms in total. The van der Waals surface area contributed by atoms with Gasteiger partial charge in [-0.15, -0.1) is 0 Å². The second kappa shape index (κ2) is 20.7. The van der Waals surface area contributed by atoms with Crippen LogP contribution in [-0.4, -0.2) is 63.0 Å². The van der Waals surface area contributed by atoms with Crippen LogP contribution in [0, 0.1) is 11.8 Å². The second-order valence-corrected chi connectivity index (χ2v) is 9.27. The fraction of sp³-hybridized carbons (Fsp3) is 0.889. The summed E-state index contributed by atoms with van der Waals surface area (Å²) >= 11 is 0. The third-order valence-corrected chi connectivity index (χ3v) is 6.09. The van der Waals surface area contributed by atoms with Crippen molar-refractivity contribution < 1.29 is 19.0 Å². The number of rotatable bonds is 22. The second-order valence-electron chi connectivity index (χ2n) is 9.27. The van der Waals surface area contributed by atoms with Crippen molar-refractivity contribution in [1.29, 1.82) is 0 Å². The summed E-state index contributed by atoms with van der Waals surface area (Å²) in [7, 11) is 0. The molecule has 0 aliphatic heterocycles. The molecule has 3 unspecified atom stereocenters. The van der Waals surface area contributed by atoms with E-state index in [1.54, 1.807) is 6.92 Å².